The minimum absolute atomic E-state index is 0.261. The van der Waals surface area contributed by atoms with E-state index in [2.05, 4.69) is 5.32 Å². The summed E-state index contributed by atoms with van der Waals surface area (Å²) in [6.07, 6.45) is -2.37. The van der Waals surface area contributed by atoms with E-state index >= 15 is 0 Å². The molecule has 1 aromatic carbocycles. The number of carbonyl (C=O) groups is 1. The molecule has 160 valence electrons. The number of benzene rings is 1. The summed E-state index contributed by atoms with van der Waals surface area (Å²) < 4.78 is 35.2. The van der Waals surface area contributed by atoms with Gasteiger partial charge < -0.3 is 33.7 Å². The summed E-state index contributed by atoms with van der Waals surface area (Å²) in [6, 6.07) is 7.74. The van der Waals surface area contributed by atoms with Crippen molar-refractivity contribution < 1.29 is 33.2 Å². The molecule has 0 spiro atoms. The highest BCUT2D eigenvalue weighted by molar-refractivity contribution is 5.81. The number of hydrogen-bond donors (Lipinski definition) is 1. The molecule has 0 unspecified atom stereocenters. The molecule has 1 amide bonds. The number of rotatable bonds is 5. The smallest absolute Gasteiger partial charge is 0.252 e. The fourth-order valence-electron chi connectivity index (χ4n) is 4.15. The maximum Gasteiger partial charge on any atom is 0.252 e. The van der Waals surface area contributed by atoms with Crippen molar-refractivity contribution in [2.75, 3.05) is 13.7 Å². The summed E-state index contributed by atoms with van der Waals surface area (Å²) in [5.74, 6) is -1.11. The molecule has 8 heteroatoms. The van der Waals surface area contributed by atoms with Gasteiger partial charge in [0.1, 0.15) is 24.1 Å². The van der Waals surface area contributed by atoms with Crippen LogP contribution in [-0.2, 0) is 34.9 Å². The van der Waals surface area contributed by atoms with Crippen molar-refractivity contribution in [1.29, 1.82) is 0 Å². The van der Waals surface area contributed by atoms with Gasteiger partial charge in [0.2, 0.25) is 0 Å². The minimum Gasteiger partial charge on any atom is -0.496 e. The molecule has 29 heavy (non-hydrogen) atoms. The van der Waals surface area contributed by atoms with Crippen molar-refractivity contribution in [2.24, 2.45) is 0 Å². The van der Waals surface area contributed by atoms with Crippen LogP contribution < -0.4 is 10.1 Å². The van der Waals surface area contributed by atoms with Gasteiger partial charge in [0.25, 0.3) is 5.91 Å². The molecule has 0 radical (unpaired) electrons. The Kier molecular flexibility index (Phi) is 5.33. The van der Waals surface area contributed by atoms with Crippen LogP contribution in [0.2, 0.25) is 0 Å². The normalized spacial score (nSPS) is 34.3. The Balaban J connectivity index is 1.43. The molecule has 3 fully saturated rings. The quantitative estimate of drug-likeness (QED) is 0.796. The zero-order valence-electron chi connectivity index (χ0n) is 17.5. The van der Waals surface area contributed by atoms with Gasteiger partial charge in [0.15, 0.2) is 24.0 Å². The van der Waals surface area contributed by atoms with Crippen molar-refractivity contribution in [3.63, 3.8) is 0 Å². The average Bonchev–Trinajstić information content (AvgIpc) is 3.15. The second kappa shape index (κ2) is 7.52. The second-order valence-electron chi connectivity index (χ2n) is 8.44. The predicted molar refractivity (Wildman–Crippen MR) is 102 cm³/mol. The van der Waals surface area contributed by atoms with E-state index in [4.69, 9.17) is 28.4 Å². The zero-order chi connectivity index (χ0) is 20.8. The van der Waals surface area contributed by atoms with Gasteiger partial charge in [-0.05, 0) is 45.7 Å². The number of amides is 1. The lowest BCUT2D eigenvalue weighted by Gasteiger charge is -2.36. The third-order valence-electron chi connectivity index (χ3n) is 5.30. The predicted octanol–water partition coefficient (Wildman–Crippen LogP) is 1.75. The van der Waals surface area contributed by atoms with Crippen LogP contribution in [0.1, 0.15) is 33.3 Å². The van der Waals surface area contributed by atoms with Crippen LogP contribution in [-0.4, -0.2) is 61.8 Å². The first-order valence-electron chi connectivity index (χ1n) is 9.95. The van der Waals surface area contributed by atoms with Crippen molar-refractivity contribution in [1.82, 2.24) is 5.32 Å². The van der Waals surface area contributed by atoms with Crippen LogP contribution in [0, 0.1) is 0 Å². The van der Waals surface area contributed by atoms with Crippen molar-refractivity contribution in [3.8, 4) is 5.75 Å². The zero-order valence-corrected chi connectivity index (χ0v) is 17.5. The monoisotopic (exact) mass is 407 g/mol. The van der Waals surface area contributed by atoms with E-state index in [1.807, 2.05) is 52.0 Å². The van der Waals surface area contributed by atoms with Crippen LogP contribution in [0.4, 0.5) is 0 Å². The van der Waals surface area contributed by atoms with E-state index in [0.29, 0.717) is 13.0 Å². The first-order chi connectivity index (χ1) is 13.7. The molecule has 0 aliphatic carbocycles. The summed E-state index contributed by atoms with van der Waals surface area (Å²) in [5, 5.41) is 2.94. The number of carbonyl (C=O) groups excluding carboxylic acids is 1. The number of ether oxygens (including phenoxy) is 6. The molecule has 0 aromatic heterocycles. The molecule has 5 atom stereocenters. The molecule has 3 heterocycles. The highest BCUT2D eigenvalue weighted by atomic mass is 16.9. The highest BCUT2D eigenvalue weighted by Crippen LogP contribution is 2.44. The van der Waals surface area contributed by atoms with E-state index in [1.54, 1.807) is 7.11 Å². The van der Waals surface area contributed by atoms with Gasteiger partial charge in [-0.2, -0.15) is 0 Å². The molecular formula is C21H29NO7. The van der Waals surface area contributed by atoms with Gasteiger partial charge in [-0.15, -0.1) is 0 Å². The standard InChI is InChI=1S/C21H29NO7/c1-20(2)26-14-15(27-20)17-19(29-21(3,4)28-17)25-16(14)18(23)22-11-10-12-8-6-7-9-13(12)24-5/h6-9,14-17,19H,10-11H2,1-5H3,(H,22,23)/t14-,15-,16-,17-,19-/m1/s1. The Bertz CT molecular complexity index is 765. The van der Waals surface area contributed by atoms with Crippen LogP contribution in [0.25, 0.3) is 0 Å². The lowest BCUT2D eigenvalue weighted by Crippen LogP contribution is -2.59. The third kappa shape index (κ3) is 4.13. The number of methoxy groups -OCH3 is 1. The van der Waals surface area contributed by atoms with Crippen LogP contribution in [0.5, 0.6) is 5.75 Å². The third-order valence-corrected chi connectivity index (χ3v) is 5.30. The Morgan fingerprint density at radius 3 is 2.41 bits per heavy atom. The van der Waals surface area contributed by atoms with E-state index in [0.717, 1.165) is 11.3 Å². The van der Waals surface area contributed by atoms with Gasteiger partial charge in [0.05, 0.1) is 7.11 Å². The number of hydrogen-bond acceptors (Lipinski definition) is 7. The van der Waals surface area contributed by atoms with Crippen molar-refractivity contribution >= 4 is 5.91 Å². The van der Waals surface area contributed by atoms with Gasteiger partial charge in [-0.25, -0.2) is 0 Å². The lowest BCUT2D eigenvalue weighted by atomic mass is 9.98. The Morgan fingerprint density at radius 1 is 1.00 bits per heavy atom. The van der Waals surface area contributed by atoms with E-state index in [1.165, 1.54) is 0 Å². The molecule has 4 rings (SSSR count). The van der Waals surface area contributed by atoms with Gasteiger partial charge in [-0.3, -0.25) is 4.79 Å². The maximum absolute atomic E-state index is 12.9. The lowest BCUT2D eigenvalue weighted by molar-refractivity contribution is -0.231. The topological polar surface area (TPSA) is 84.5 Å². The van der Waals surface area contributed by atoms with Crippen LogP contribution in [0.3, 0.4) is 0 Å². The molecule has 0 bridgehead atoms. The van der Waals surface area contributed by atoms with Gasteiger partial charge in [-0.1, -0.05) is 18.2 Å². The number of nitrogens with one attached hydrogen (secondary N) is 1. The molecular weight excluding hydrogens is 378 g/mol. The first-order valence-corrected chi connectivity index (χ1v) is 9.95. The molecule has 8 nitrogen and oxygen atoms in total. The molecule has 0 saturated carbocycles. The summed E-state index contributed by atoms with van der Waals surface area (Å²) in [4.78, 5) is 12.9. The average molecular weight is 407 g/mol. The Morgan fingerprint density at radius 2 is 1.66 bits per heavy atom. The second-order valence-corrected chi connectivity index (χ2v) is 8.44. The number of fused-ring (bicyclic) bond motifs is 3. The maximum atomic E-state index is 12.9. The minimum atomic E-state index is -0.849. The summed E-state index contributed by atoms with van der Waals surface area (Å²) in [6.45, 7) is 7.70. The largest absolute Gasteiger partial charge is 0.496 e. The number of para-hydroxylation sites is 1. The molecule has 3 aliphatic rings. The van der Waals surface area contributed by atoms with Crippen LogP contribution in [0.15, 0.2) is 24.3 Å². The van der Waals surface area contributed by atoms with Crippen LogP contribution >= 0.6 is 0 Å². The first kappa shape index (κ1) is 20.6. The van der Waals surface area contributed by atoms with E-state index in [-0.39, 0.29) is 5.91 Å². The summed E-state index contributed by atoms with van der Waals surface area (Å²) in [7, 11) is 1.63. The van der Waals surface area contributed by atoms with Gasteiger partial charge in [0, 0.05) is 6.54 Å². The SMILES string of the molecule is COc1ccccc1CCNC(=O)[C@@H]1O[C@@H]2OC(C)(C)O[C@@H]2[C@@H]2OC(C)(C)O[C@H]21. The van der Waals surface area contributed by atoms with E-state index < -0.39 is 42.3 Å². The molecule has 1 aromatic rings. The van der Waals surface area contributed by atoms with Crippen molar-refractivity contribution in [3.05, 3.63) is 29.8 Å². The molecule has 1 N–H and O–H groups in total. The molecule has 3 aliphatic heterocycles. The Labute approximate surface area is 170 Å². The fourth-order valence-corrected chi connectivity index (χ4v) is 4.15. The summed E-state index contributed by atoms with van der Waals surface area (Å²) >= 11 is 0. The van der Waals surface area contributed by atoms with Gasteiger partial charge >= 0.3 is 0 Å². The fraction of sp³-hybridized carbons (Fsp3) is 0.667. The summed E-state index contributed by atoms with van der Waals surface area (Å²) in [5.41, 5.74) is 1.02. The van der Waals surface area contributed by atoms with Crippen molar-refractivity contribution in [2.45, 2.75) is 76.4 Å². The highest BCUT2D eigenvalue weighted by Gasteiger charge is 2.62. The van der Waals surface area contributed by atoms with E-state index in [9.17, 15) is 4.79 Å². The molecule has 3 saturated heterocycles. The Hall–Kier alpha value is -1.71.